The van der Waals surface area contributed by atoms with Crippen LogP contribution in [0, 0.1) is 11.8 Å². The summed E-state index contributed by atoms with van der Waals surface area (Å²) in [5, 5.41) is 11.0. The fourth-order valence-electron chi connectivity index (χ4n) is 5.00. The van der Waals surface area contributed by atoms with Crippen molar-refractivity contribution < 1.29 is 13.6 Å². The van der Waals surface area contributed by atoms with Gasteiger partial charge in [-0.1, -0.05) is 11.6 Å². The summed E-state index contributed by atoms with van der Waals surface area (Å²) in [6, 6.07) is 5.56. The Morgan fingerprint density at radius 1 is 1.17 bits per heavy atom. The number of H-pyrrole nitrogens is 1. The molecule has 36 heavy (non-hydrogen) atoms. The van der Waals surface area contributed by atoms with Crippen molar-refractivity contribution in [3.05, 3.63) is 71.0 Å². The highest BCUT2D eigenvalue weighted by Crippen LogP contribution is 2.44. The highest BCUT2D eigenvalue weighted by Gasteiger charge is 2.42. The number of hydrogen-bond donors (Lipinski definition) is 2. The molecule has 13 heteroatoms. The van der Waals surface area contributed by atoms with Crippen LogP contribution < -0.4 is 5.73 Å². The van der Waals surface area contributed by atoms with Gasteiger partial charge in [-0.15, -0.1) is 5.10 Å². The molecule has 0 bridgehead atoms. The average molecular weight is 510 g/mol. The smallest absolute Gasteiger partial charge is 0.247 e. The number of aromatic amines is 1. The molecule has 10 nitrogen and oxygen atoms in total. The first-order valence-electron chi connectivity index (χ1n) is 11.1. The van der Waals surface area contributed by atoms with Gasteiger partial charge < -0.3 is 15.6 Å². The van der Waals surface area contributed by atoms with Crippen LogP contribution in [-0.4, -0.2) is 52.0 Å². The van der Waals surface area contributed by atoms with E-state index in [9.17, 15) is 9.18 Å². The Bertz CT molecular complexity index is 1520. The van der Waals surface area contributed by atoms with Crippen molar-refractivity contribution in [2.45, 2.75) is 31.3 Å². The van der Waals surface area contributed by atoms with Crippen molar-refractivity contribution in [1.29, 1.82) is 0 Å². The number of hydrogen-bond acceptors (Lipinski definition) is 7. The Hall–Kier alpha value is -4.19. The normalized spacial score (nSPS) is 19.5. The van der Waals surface area contributed by atoms with Gasteiger partial charge in [0.15, 0.2) is 5.82 Å². The average Bonchev–Trinajstić information content (AvgIpc) is 3.61. The molecule has 5 heterocycles. The topological polar surface area (TPSA) is 132 Å². The SMILES string of the molecule is Nc1ccc(-c2cnc([C@@H]3CCC4CC(c5c(-n6cnnn6)ccc(Cl)c5F)=CC(=O)N43)[nH]2)c(F)n1. The highest BCUT2D eigenvalue weighted by molar-refractivity contribution is 6.31. The number of rotatable bonds is 4. The second-order valence-electron chi connectivity index (χ2n) is 8.63. The molecule has 3 N–H and O–H groups in total. The number of halogens is 3. The molecule has 1 fully saturated rings. The van der Waals surface area contributed by atoms with Crippen LogP contribution in [0.1, 0.15) is 36.7 Å². The predicted octanol–water partition coefficient (Wildman–Crippen LogP) is 3.48. The molecule has 1 aromatic carbocycles. The lowest BCUT2D eigenvalue weighted by Gasteiger charge is -2.33. The molecule has 0 radical (unpaired) electrons. The number of carbonyl (C=O) groups is 1. The molecule has 3 aromatic heterocycles. The zero-order valence-corrected chi connectivity index (χ0v) is 19.3. The van der Waals surface area contributed by atoms with Gasteiger partial charge in [0, 0.05) is 17.7 Å². The number of anilines is 1. The van der Waals surface area contributed by atoms with E-state index in [1.165, 1.54) is 41.5 Å². The molecule has 6 rings (SSSR count). The first-order valence-corrected chi connectivity index (χ1v) is 11.5. The maximum Gasteiger partial charge on any atom is 0.247 e. The minimum atomic E-state index is -0.710. The number of tetrazole rings is 1. The number of nitrogens with one attached hydrogen (secondary N) is 1. The van der Waals surface area contributed by atoms with E-state index in [1.807, 2.05) is 0 Å². The summed E-state index contributed by atoms with van der Waals surface area (Å²) in [5.41, 5.74) is 7.30. The molecular weight excluding hydrogens is 492 g/mol. The van der Waals surface area contributed by atoms with Crippen molar-refractivity contribution in [1.82, 2.24) is 40.1 Å². The lowest BCUT2D eigenvalue weighted by Crippen LogP contribution is -2.39. The number of aromatic nitrogens is 7. The van der Waals surface area contributed by atoms with Gasteiger partial charge in [0.2, 0.25) is 11.9 Å². The monoisotopic (exact) mass is 509 g/mol. The Balaban J connectivity index is 1.33. The Morgan fingerprint density at radius 2 is 2.03 bits per heavy atom. The third-order valence-corrected chi connectivity index (χ3v) is 6.86. The molecule has 182 valence electrons. The van der Waals surface area contributed by atoms with E-state index in [2.05, 4.69) is 30.5 Å². The number of imidazole rings is 1. The lowest BCUT2D eigenvalue weighted by atomic mass is 9.92. The van der Waals surface area contributed by atoms with Crippen LogP contribution in [0.15, 0.2) is 42.9 Å². The van der Waals surface area contributed by atoms with Crippen molar-refractivity contribution in [2.24, 2.45) is 0 Å². The van der Waals surface area contributed by atoms with Gasteiger partial charge in [-0.3, -0.25) is 4.79 Å². The summed E-state index contributed by atoms with van der Waals surface area (Å²) in [7, 11) is 0. The van der Waals surface area contributed by atoms with E-state index in [0.29, 0.717) is 42.0 Å². The molecule has 4 aromatic rings. The number of carbonyl (C=O) groups excluding carboxylic acids is 1. The highest BCUT2D eigenvalue weighted by atomic mass is 35.5. The maximum atomic E-state index is 15.2. The fraction of sp³-hybridized carbons (Fsp3) is 0.217. The van der Waals surface area contributed by atoms with E-state index in [0.717, 1.165) is 0 Å². The van der Waals surface area contributed by atoms with Crippen LogP contribution in [0.4, 0.5) is 14.6 Å². The molecule has 0 saturated carbocycles. The van der Waals surface area contributed by atoms with Crippen LogP contribution in [-0.2, 0) is 4.79 Å². The Labute approximate surface area is 207 Å². The summed E-state index contributed by atoms with van der Waals surface area (Å²) < 4.78 is 30.9. The lowest BCUT2D eigenvalue weighted by molar-refractivity contribution is -0.129. The largest absolute Gasteiger partial charge is 0.384 e. The van der Waals surface area contributed by atoms with Gasteiger partial charge in [0.1, 0.15) is 18.0 Å². The number of nitrogens with two attached hydrogens (primary N) is 1. The summed E-state index contributed by atoms with van der Waals surface area (Å²) in [6.45, 7) is 0. The predicted molar refractivity (Wildman–Crippen MR) is 126 cm³/mol. The van der Waals surface area contributed by atoms with Crippen LogP contribution in [0.3, 0.4) is 0 Å². The van der Waals surface area contributed by atoms with E-state index < -0.39 is 11.8 Å². The van der Waals surface area contributed by atoms with Gasteiger partial charge in [0.25, 0.3) is 0 Å². The van der Waals surface area contributed by atoms with E-state index in [4.69, 9.17) is 17.3 Å². The molecule has 0 spiro atoms. The van der Waals surface area contributed by atoms with E-state index >= 15 is 4.39 Å². The number of amides is 1. The zero-order chi connectivity index (χ0) is 25.0. The molecule has 0 aliphatic carbocycles. The van der Waals surface area contributed by atoms with Crippen molar-refractivity contribution >= 4 is 28.9 Å². The van der Waals surface area contributed by atoms with E-state index in [-0.39, 0.29) is 40.0 Å². The van der Waals surface area contributed by atoms with Crippen LogP contribution in [0.2, 0.25) is 5.02 Å². The number of nitrogen functional groups attached to an aromatic ring is 1. The number of nitrogens with zero attached hydrogens (tertiary/aromatic N) is 7. The van der Waals surface area contributed by atoms with Gasteiger partial charge in [-0.25, -0.2) is 14.4 Å². The Morgan fingerprint density at radius 3 is 2.81 bits per heavy atom. The molecule has 2 aliphatic rings. The third kappa shape index (κ3) is 3.61. The zero-order valence-electron chi connectivity index (χ0n) is 18.6. The summed E-state index contributed by atoms with van der Waals surface area (Å²) in [5.74, 6) is -1.00. The van der Waals surface area contributed by atoms with Crippen LogP contribution >= 0.6 is 11.6 Å². The van der Waals surface area contributed by atoms with Crippen LogP contribution in [0.25, 0.3) is 22.5 Å². The molecule has 1 unspecified atom stereocenters. The molecule has 2 atom stereocenters. The summed E-state index contributed by atoms with van der Waals surface area (Å²) in [4.78, 5) is 26.3. The minimum absolute atomic E-state index is 0.0607. The summed E-state index contributed by atoms with van der Waals surface area (Å²) in [6.07, 6.45) is 6.02. The maximum absolute atomic E-state index is 15.2. The first kappa shape index (κ1) is 22.3. The van der Waals surface area contributed by atoms with Crippen molar-refractivity contribution in [3.8, 4) is 16.9 Å². The van der Waals surface area contributed by atoms with Crippen molar-refractivity contribution in [3.63, 3.8) is 0 Å². The third-order valence-electron chi connectivity index (χ3n) is 6.57. The van der Waals surface area contributed by atoms with Gasteiger partial charge in [-0.2, -0.15) is 9.07 Å². The molecular formula is C23H18ClF2N9O. The van der Waals surface area contributed by atoms with Crippen molar-refractivity contribution in [2.75, 3.05) is 5.73 Å². The van der Waals surface area contributed by atoms with E-state index in [1.54, 1.807) is 11.0 Å². The number of pyridine rings is 1. The van der Waals surface area contributed by atoms with Gasteiger partial charge >= 0.3 is 0 Å². The first-order chi connectivity index (χ1) is 17.4. The standard InChI is InChI=1S/C23H18ClF2N9O/c24-14-3-5-16(34-10-29-32-33-34)20(21(14)25)11-7-12-1-4-17(35(12)19(36)8-11)23-28-9-15(30-23)13-2-6-18(27)31-22(13)26/h2-3,5-6,8-10,12,17H,1,4,7H2,(H2,27,31)(H,28,30)/t12?,17-/m0/s1. The quantitative estimate of drug-likeness (QED) is 0.402. The summed E-state index contributed by atoms with van der Waals surface area (Å²) >= 11 is 6.08. The van der Waals surface area contributed by atoms with Crippen LogP contribution in [0.5, 0.6) is 0 Å². The number of benzene rings is 1. The molecule has 1 amide bonds. The van der Waals surface area contributed by atoms with Gasteiger partial charge in [-0.05, 0) is 59.5 Å². The second-order valence-corrected chi connectivity index (χ2v) is 9.04. The second kappa shape index (κ2) is 8.48. The fourth-order valence-corrected chi connectivity index (χ4v) is 5.15. The molecule has 2 aliphatic heterocycles. The molecule has 1 saturated heterocycles. The van der Waals surface area contributed by atoms with Gasteiger partial charge in [0.05, 0.1) is 34.2 Å². The number of fused-ring (bicyclic) bond motifs is 1. The minimum Gasteiger partial charge on any atom is -0.384 e. The Kier molecular flexibility index (Phi) is 5.25.